The Morgan fingerprint density at radius 3 is 2.08 bits per heavy atom. The monoisotopic (exact) mass is 308 g/mol. The third-order valence-electron chi connectivity index (χ3n) is 1.33. The van der Waals surface area contributed by atoms with Gasteiger partial charge in [0.25, 0.3) is 0 Å². The normalized spacial score (nSPS) is 11.8. The van der Waals surface area contributed by atoms with Crippen molar-refractivity contribution in [2.24, 2.45) is 0 Å². The van der Waals surface area contributed by atoms with Gasteiger partial charge in [0.05, 0.1) is 10.0 Å². The van der Waals surface area contributed by atoms with Crippen molar-refractivity contribution < 1.29 is 8.78 Å². The first kappa shape index (κ1) is 11.5. The van der Waals surface area contributed by atoms with Crippen LogP contribution in [0.25, 0.3) is 0 Å². The van der Waals surface area contributed by atoms with Crippen LogP contribution in [0.3, 0.4) is 0 Å². The summed E-state index contributed by atoms with van der Waals surface area (Å²) in [4.78, 5) is 0. The van der Waals surface area contributed by atoms with Gasteiger partial charge < -0.3 is 0 Å². The van der Waals surface area contributed by atoms with Crippen LogP contribution in [-0.4, -0.2) is 0 Å². The van der Waals surface area contributed by atoms with E-state index in [2.05, 4.69) is 15.9 Å². The molecule has 0 saturated heterocycles. The first-order valence-corrected chi connectivity index (χ1v) is 4.97. The van der Waals surface area contributed by atoms with Crippen molar-refractivity contribution in [1.29, 1.82) is 0 Å². The van der Waals surface area contributed by atoms with Gasteiger partial charge in [-0.25, -0.2) is 8.78 Å². The van der Waals surface area contributed by atoms with E-state index in [0.29, 0.717) is 0 Å². The van der Waals surface area contributed by atoms with Crippen LogP contribution in [-0.2, 0) is 3.79 Å². The average molecular weight is 310 g/mol. The van der Waals surface area contributed by atoms with Gasteiger partial charge >= 0.3 is 0 Å². The predicted molar refractivity (Wildman–Crippen MR) is 53.3 cm³/mol. The highest BCUT2D eigenvalue weighted by Crippen LogP contribution is 2.42. The Kier molecular flexibility index (Phi) is 3.44. The molecule has 0 atom stereocenters. The molecular formula is C7H2BrCl3F2. The minimum Gasteiger partial charge on any atom is -0.206 e. The highest BCUT2D eigenvalue weighted by atomic mass is 79.9. The summed E-state index contributed by atoms with van der Waals surface area (Å²) >= 11 is 19.0. The van der Waals surface area contributed by atoms with E-state index >= 15 is 0 Å². The highest BCUT2D eigenvalue weighted by molar-refractivity contribution is 9.10. The number of hydrogen-bond donors (Lipinski definition) is 0. The lowest BCUT2D eigenvalue weighted by molar-refractivity contribution is 0.555. The van der Waals surface area contributed by atoms with Gasteiger partial charge in [-0.2, -0.15) is 0 Å². The largest absolute Gasteiger partial charge is 0.221 e. The second-order valence-electron chi connectivity index (χ2n) is 2.22. The lowest BCUT2D eigenvalue weighted by atomic mass is 10.2. The Morgan fingerprint density at radius 1 is 1.15 bits per heavy atom. The predicted octanol–water partition coefficient (Wildman–Crippen LogP) is 4.55. The second kappa shape index (κ2) is 3.89. The van der Waals surface area contributed by atoms with E-state index in [0.717, 1.165) is 6.07 Å². The second-order valence-corrected chi connectivity index (χ2v) is 5.35. The van der Waals surface area contributed by atoms with Crippen LogP contribution in [0, 0.1) is 11.6 Å². The number of benzene rings is 1. The first-order chi connectivity index (χ1) is 5.84. The van der Waals surface area contributed by atoms with E-state index in [1.165, 1.54) is 6.07 Å². The van der Waals surface area contributed by atoms with Crippen LogP contribution in [0.1, 0.15) is 5.56 Å². The molecule has 1 aromatic carbocycles. The molecule has 1 aromatic rings. The molecule has 0 nitrogen and oxygen atoms in total. The maximum atomic E-state index is 13.2. The lowest BCUT2D eigenvalue weighted by Crippen LogP contribution is -2.07. The fraction of sp³-hybridized carbons (Fsp3) is 0.143. The molecule has 0 saturated carbocycles. The molecule has 0 aliphatic heterocycles. The summed E-state index contributed by atoms with van der Waals surface area (Å²) in [7, 11) is 0. The quantitative estimate of drug-likeness (QED) is 0.487. The zero-order valence-electron chi connectivity index (χ0n) is 5.92. The van der Waals surface area contributed by atoms with Gasteiger partial charge in [-0.1, -0.05) is 34.8 Å². The summed E-state index contributed by atoms with van der Waals surface area (Å²) in [5.41, 5.74) is -0.577. The van der Waals surface area contributed by atoms with Gasteiger partial charge in [0.15, 0.2) is 0 Å². The van der Waals surface area contributed by atoms with Gasteiger partial charge in [-0.15, -0.1) is 0 Å². The SMILES string of the molecule is Fc1ccc(Br)c(F)c1C(Cl)(Cl)Cl. The molecule has 13 heavy (non-hydrogen) atoms. The minimum absolute atomic E-state index is 0.0511. The molecule has 0 N–H and O–H groups in total. The summed E-state index contributed by atoms with van der Waals surface area (Å²) < 4.78 is 24.2. The minimum atomic E-state index is -2.10. The van der Waals surface area contributed by atoms with Crippen molar-refractivity contribution in [1.82, 2.24) is 0 Å². The molecule has 0 fully saturated rings. The third-order valence-corrected chi connectivity index (χ3v) is 2.51. The highest BCUT2D eigenvalue weighted by Gasteiger charge is 2.31. The Bertz CT molecular complexity index is 335. The van der Waals surface area contributed by atoms with Crippen LogP contribution in [0.5, 0.6) is 0 Å². The van der Waals surface area contributed by atoms with Crippen molar-refractivity contribution in [3.05, 3.63) is 33.8 Å². The fourth-order valence-electron chi connectivity index (χ4n) is 0.787. The number of rotatable bonds is 0. The molecule has 0 amide bonds. The van der Waals surface area contributed by atoms with Crippen LogP contribution in [0.2, 0.25) is 0 Å². The van der Waals surface area contributed by atoms with E-state index < -0.39 is 21.0 Å². The Hall–Kier alpha value is 0.430. The number of hydrogen-bond acceptors (Lipinski definition) is 0. The molecule has 0 unspecified atom stereocenters. The van der Waals surface area contributed by atoms with E-state index in [-0.39, 0.29) is 4.47 Å². The molecule has 0 radical (unpaired) electrons. The van der Waals surface area contributed by atoms with Crippen LogP contribution in [0.4, 0.5) is 8.78 Å². The van der Waals surface area contributed by atoms with Gasteiger partial charge in [-0.3, -0.25) is 0 Å². The van der Waals surface area contributed by atoms with Gasteiger partial charge in [0.1, 0.15) is 11.6 Å². The Labute approximate surface area is 96.9 Å². The van der Waals surface area contributed by atoms with Crippen LogP contribution >= 0.6 is 50.7 Å². The summed E-state index contributed by atoms with van der Waals surface area (Å²) in [6.45, 7) is 0. The molecular weight excluding hydrogens is 308 g/mol. The standard InChI is InChI=1S/C7H2BrCl3F2/c8-3-1-2-4(12)5(6(3)13)7(9,10)11/h1-2H. The van der Waals surface area contributed by atoms with Crippen molar-refractivity contribution in [3.63, 3.8) is 0 Å². The molecule has 6 heteroatoms. The van der Waals surface area contributed by atoms with E-state index in [1.54, 1.807) is 0 Å². The van der Waals surface area contributed by atoms with Gasteiger partial charge in [0, 0.05) is 0 Å². The summed E-state index contributed by atoms with van der Waals surface area (Å²) in [5, 5.41) is 0. The summed E-state index contributed by atoms with van der Waals surface area (Å²) in [5.74, 6) is -1.79. The van der Waals surface area contributed by atoms with E-state index in [9.17, 15) is 8.78 Å². The molecule has 0 aromatic heterocycles. The molecule has 72 valence electrons. The van der Waals surface area contributed by atoms with Gasteiger partial charge in [-0.05, 0) is 28.1 Å². The topological polar surface area (TPSA) is 0 Å². The Balaban J connectivity index is 3.43. The maximum Gasteiger partial charge on any atom is 0.221 e. The first-order valence-electron chi connectivity index (χ1n) is 3.04. The third kappa shape index (κ3) is 2.46. The van der Waals surface area contributed by atoms with Gasteiger partial charge in [0.2, 0.25) is 3.79 Å². The maximum absolute atomic E-state index is 13.2. The average Bonchev–Trinajstić information content (AvgIpc) is 1.95. The molecule has 1 rings (SSSR count). The van der Waals surface area contributed by atoms with E-state index in [1.807, 2.05) is 0 Å². The summed E-state index contributed by atoms with van der Waals surface area (Å²) in [6, 6.07) is 2.22. The molecule has 0 bridgehead atoms. The lowest BCUT2D eigenvalue weighted by Gasteiger charge is -2.13. The number of halogens is 6. The van der Waals surface area contributed by atoms with Crippen molar-refractivity contribution in [2.75, 3.05) is 0 Å². The van der Waals surface area contributed by atoms with Crippen LogP contribution < -0.4 is 0 Å². The molecule has 0 aliphatic carbocycles. The van der Waals surface area contributed by atoms with Crippen molar-refractivity contribution >= 4 is 50.7 Å². The molecule has 0 aliphatic rings. The van der Waals surface area contributed by atoms with Crippen LogP contribution in [0.15, 0.2) is 16.6 Å². The molecule has 0 spiro atoms. The van der Waals surface area contributed by atoms with Crippen molar-refractivity contribution in [3.8, 4) is 0 Å². The van der Waals surface area contributed by atoms with E-state index in [4.69, 9.17) is 34.8 Å². The molecule has 0 heterocycles. The van der Waals surface area contributed by atoms with Crippen molar-refractivity contribution in [2.45, 2.75) is 3.79 Å². The zero-order chi connectivity index (χ0) is 10.2. The number of alkyl halides is 3. The smallest absolute Gasteiger partial charge is 0.206 e. The zero-order valence-corrected chi connectivity index (χ0v) is 9.78. The summed E-state index contributed by atoms with van der Waals surface area (Å²) in [6.07, 6.45) is 0. The fourth-order valence-corrected chi connectivity index (χ4v) is 1.64. The Morgan fingerprint density at radius 2 is 1.69 bits per heavy atom.